The summed E-state index contributed by atoms with van der Waals surface area (Å²) in [4.78, 5) is 10.6. The lowest BCUT2D eigenvalue weighted by Gasteiger charge is -2.02. The average molecular weight is 169 g/mol. The minimum atomic E-state index is 0.640. The van der Waals surface area contributed by atoms with Crippen molar-refractivity contribution < 1.29 is 4.79 Å². The summed E-state index contributed by atoms with van der Waals surface area (Å²) < 4.78 is 0. The second-order valence-electron chi connectivity index (χ2n) is 3.08. The zero-order valence-electron chi connectivity index (χ0n) is 7.37. The molecule has 1 heteroatoms. The fourth-order valence-electron chi connectivity index (χ4n) is 1.54. The number of benzene rings is 2. The Morgan fingerprint density at radius 1 is 1.00 bits per heavy atom. The largest absolute Gasteiger partial charge is 0.285 e. The van der Waals surface area contributed by atoms with Crippen LogP contribution in [-0.2, 0) is 4.79 Å². The van der Waals surface area contributed by atoms with E-state index >= 15 is 0 Å². The molecule has 2 aromatic rings. The molecule has 0 spiro atoms. The zero-order valence-corrected chi connectivity index (χ0v) is 7.37. The molecular weight excluding hydrogens is 160 g/mol. The van der Waals surface area contributed by atoms with E-state index in [0.29, 0.717) is 5.56 Å². The first-order valence-corrected chi connectivity index (χ1v) is 4.19. The minimum absolute atomic E-state index is 0.640. The first-order chi connectivity index (χ1) is 6.33. The predicted molar refractivity (Wildman–Crippen MR) is 53.5 cm³/mol. The molecule has 0 aliphatic heterocycles. The SMILES string of the molecule is Cc1ccc([C]=O)c2ccccc12. The molecule has 0 atom stereocenters. The van der Waals surface area contributed by atoms with E-state index in [4.69, 9.17) is 0 Å². The molecule has 0 amide bonds. The van der Waals surface area contributed by atoms with Crippen LogP contribution in [-0.4, -0.2) is 6.29 Å². The van der Waals surface area contributed by atoms with Crippen LogP contribution < -0.4 is 0 Å². The molecule has 0 heterocycles. The monoisotopic (exact) mass is 169 g/mol. The highest BCUT2D eigenvalue weighted by molar-refractivity contribution is 5.99. The normalized spacial score (nSPS) is 10.2. The predicted octanol–water partition coefficient (Wildman–Crippen LogP) is 2.61. The summed E-state index contributed by atoms with van der Waals surface area (Å²) in [6.45, 7) is 2.04. The number of carbonyl (C=O) groups excluding carboxylic acids is 1. The van der Waals surface area contributed by atoms with Crippen molar-refractivity contribution >= 4 is 17.1 Å². The zero-order chi connectivity index (χ0) is 9.26. The van der Waals surface area contributed by atoms with Gasteiger partial charge >= 0.3 is 0 Å². The van der Waals surface area contributed by atoms with Crippen LogP contribution in [0.25, 0.3) is 10.8 Å². The van der Waals surface area contributed by atoms with E-state index in [2.05, 4.69) is 0 Å². The molecule has 0 aliphatic rings. The summed E-state index contributed by atoms with van der Waals surface area (Å²) in [7, 11) is 0. The van der Waals surface area contributed by atoms with E-state index in [1.807, 2.05) is 49.6 Å². The van der Waals surface area contributed by atoms with Gasteiger partial charge in [0.1, 0.15) is 0 Å². The van der Waals surface area contributed by atoms with Crippen LogP contribution in [0.1, 0.15) is 11.1 Å². The van der Waals surface area contributed by atoms with Crippen molar-refractivity contribution in [2.24, 2.45) is 0 Å². The van der Waals surface area contributed by atoms with E-state index in [-0.39, 0.29) is 0 Å². The third kappa shape index (κ3) is 1.22. The Bertz CT molecular complexity index is 458. The second-order valence-corrected chi connectivity index (χ2v) is 3.08. The second kappa shape index (κ2) is 3.02. The summed E-state index contributed by atoms with van der Waals surface area (Å²) in [5, 5.41) is 2.11. The Morgan fingerprint density at radius 3 is 2.38 bits per heavy atom. The molecule has 2 aromatic carbocycles. The van der Waals surface area contributed by atoms with Crippen molar-refractivity contribution in [3.05, 3.63) is 47.5 Å². The van der Waals surface area contributed by atoms with Crippen molar-refractivity contribution in [1.82, 2.24) is 0 Å². The molecule has 63 valence electrons. The van der Waals surface area contributed by atoms with Crippen LogP contribution in [0.5, 0.6) is 0 Å². The lowest BCUT2D eigenvalue weighted by Crippen LogP contribution is -1.85. The highest BCUT2D eigenvalue weighted by Gasteiger charge is 2.01. The van der Waals surface area contributed by atoms with Crippen LogP contribution in [0.15, 0.2) is 36.4 Å². The summed E-state index contributed by atoms with van der Waals surface area (Å²) in [5.41, 5.74) is 1.83. The third-order valence-corrected chi connectivity index (χ3v) is 2.25. The van der Waals surface area contributed by atoms with Gasteiger partial charge in [-0.1, -0.05) is 30.3 Å². The Hall–Kier alpha value is -1.63. The van der Waals surface area contributed by atoms with Crippen LogP contribution in [0, 0.1) is 6.92 Å². The number of aryl methyl sites for hydroxylation is 1. The van der Waals surface area contributed by atoms with Crippen LogP contribution in [0.2, 0.25) is 0 Å². The van der Waals surface area contributed by atoms with E-state index in [9.17, 15) is 4.79 Å². The quantitative estimate of drug-likeness (QED) is 0.641. The Kier molecular flexibility index (Phi) is 1.85. The maximum Gasteiger partial charge on any atom is 0.234 e. The summed E-state index contributed by atoms with van der Waals surface area (Å²) in [5.74, 6) is 0. The molecule has 1 nitrogen and oxygen atoms in total. The topological polar surface area (TPSA) is 17.1 Å². The molecule has 0 fully saturated rings. The van der Waals surface area contributed by atoms with Crippen molar-refractivity contribution in [3.8, 4) is 0 Å². The Balaban J connectivity index is 2.92. The number of fused-ring (bicyclic) bond motifs is 1. The van der Waals surface area contributed by atoms with Gasteiger partial charge in [0.25, 0.3) is 0 Å². The molecule has 0 saturated heterocycles. The Morgan fingerprint density at radius 2 is 1.69 bits per heavy atom. The molecule has 0 bridgehead atoms. The van der Waals surface area contributed by atoms with Crippen molar-refractivity contribution in [3.63, 3.8) is 0 Å². The minimum Gasteiger partial charge on any atom is -0.285 e. The van der Waals surface area contributed by atoms with Gasteiger partial charge in [-0.3, -0.25) is 4.79 Å². The van der Waals surface area contributed by atoms with E-state index in [0.717, 1.165) is 10.8 Å². The molecule has 0 aliphatic carbocycles. The van der Waals surface area contributed by atoms with Crippen molar-refractivity contribution in [2.75, 3.05) is 0 Å². The van der Waals surface area contributed by atoms with E-state index < -0.39 is 0 Å². The molecule has 0 N–H and O–H groups in total. The number of rotatable bonds is 1. The van der Waals surface area contributed by atoms with Gasteiger partial charge < -0.3 is 0 Å². The van der Waals surface area contributed by atoms with E-state index in [1.165, 1.54) is 5.56 Å². The van der Waals surface area contributed by atoms with Gasteiger partial charge in [0.2, 0.25) is 6.29 Å². The van der Waals surface area contributed by atoms with Crippen LogP contribution in [0.3, 0.4) is 0 Å². The fourth-order valence-corrected chi connectivity index (χ4v) is 1.54. The lowest BCUT2D eigenvalue weighted by molar-refractivity contribution is 0.563. The maximum atomic E-state index is 10.6. The van der Waals surface area contributed by atoms with E-state index in [1.54, 1.807) is 0 Å². The molecule has 2 rings (SSSR count). The highest BCUT2D eigenvalue weighted by Crippen LogP contribution is 2.20. The molecule has 1 radical (unpaired) electrons. The fraction of sp³-hybridized carbons (Fsp3) is 0.0833. The number of hydrogen-bond acceptors (Lipinski definition) is 1. The standard InChI is InChI=1S/C12H9O/c1-9-6-7-10(8-13)12-5-3-2-4-11(9)12/h2-7H,1H3. The van der Waals surface area contributed by atoms with Crippen LogP contribution in [0.4, 0.5) is 0 Å². The first kappa shape index (κ1) is 7.99. The Labute approximate surface area is 77.0 Å². The van der Waals surface area contributed by atoms with Crippen LogP contribution >= 0.6 is 0 Å². The van der Waals surface area contributed by atoms with Crippen molar-refractivity contribution in [2.45, 2.75) is 6.92 Å². The van der Waals surface area contributed by atoms with Gasteiger partial charge in [0.15, 0.2) is 0 Å². The third-order valence-electron chi connectivity index (χ3n) is 2.25. The number of hydrogen-bond donors (Lipinski definition) is 0. The van der Waals surface area contributed by atoms with Gasteiger partial charge in [-0.2, -0.15) is 0 Å². The maximum absolute atomic E-state index is 10.6. The van der Waals surface area contributed by atoms with Gasteiger partial charge in [-0.05, 0) is 29.3 Å². The molecule has 13 heavy (non-hydrogen) atoms. The average Bonchev–Trinajstić information content (AvgIpc) is 2.19. The van der Waals surface area contributed by atoms with Crippen molar-refractivity contribution in [1.29, 1.82) is 0 Å². The lowest BCUT2D eigenvalue weighted by atomic mass is 10.0. The first-order valence-electron chi connectivity index (χ1n) is 4.19. The van der Waals surface area contributed by atoms with Gasteiger partial charge in [-0.25, -0.2) is 0 Å². The summed E-state index contributed by atoms with van der Waals surface area (Å²) >= 11 is 0. The molecule has 0 aromatic heterocycles. The summed E-state index contributed by atoms with van der Waals surface area (Å²) in [6.07, 6.45) is 1.95. The molecule has 0 unspecified atom stereocenters. The van der Waals surface area contributed by atoms with Gasteiger partial charge in [0, 0.05) is 5.56 Å². The highest BCUT2D eigenvalue weighted by atomic mass is 16.1. The molecule has 0 saturated carbocycles. The van der Waals surface area contributed by atoms with Gasteiger partial charge in [0.05, 0.1) is 0 Å². The van der Waals surface area contributed by atoms with Gasteiger partial charge in [-0.15, -0.1) is 0 Å². The summed E-state index contributed by atoms with van der Waals surface area (Å²) in [6, 6.07) is 11.6. The smallest absolute Gasteiger partial charge is 0.234 e. The molecular formula is C12H9O.